The number of H-pyrrole nitrogens is 1. The first-order chi connectivity index (χ1) is 8.24. The molecule has 1 aromatic carbocycles. The van der Waals surface area contributed by atoms with Gasteiger partial charge in [0.2, 0.25) is 0 Å². The van der Waals surface area contributed by atoms with E-state index in [0.717, 1.165) is 16.6 Å². The number of nitrogens with zero attached hydrogens (tertiary/aromatic N) is 2. The predicted molar refractivity (Wildman–Crippen MR) is 64.0 cm³/mol. The maximum atomic E-state index is 13.6. The summed E-state index contributed by atoms with van der Waals surface area (Å²) in [4.78, 5) is 11.2. The monoisotopic (exact) mass is 227 g/mol. The van der Waals surface area contributed by atoms with Crippen LogP contribution in [-0.2, 0) is 0 Å². The van der Waals surface area contributed by atoms with Gasteiger partial charge in [-0.25, -0.2) is 9.37 Å². The van der Waals surface area contributed by atoms with Crippen molar-refractivity contribution in [1.82, 2.24) is 15.0 Å². The number of hydrogen-bond acceptors (Lipinski definition) is 2. The molecule has 0 aliphatic carbocycles. The number of halogens is 1. The molecule has 1 N–H and O–H groups in total. The van der Waals surface area contributed by atoms with Gasteiger partial charge in [0.15, 0.2) is 5.82 Å². The summed E-state index contributed by atoms with van der Waals surface area (Å²) < 4.78 is 13.6. The van der Waals surface area contributed by atoms with Crippen LogP contribution in [0.3, 0.4) is 0 Å². The Labute approximate surface area is 97.3 Å². The number of rotatable bonds is 1. The lowest BCUT2D eigenvalue weighted by molar-refractivity contribution is 0.624. The topological polar surface area (TPSA) is 41.6 Å². The highest BCUT2D eigenvalue weighted by Gasteiger charge is 2.09. The molecule has 0 saturated heterocycles. The van der Waals surface area contributed by atoms with Gasteiger partial charge >= 0.3 is 0 Å². The van der Waals surface area contributed by atoms with Gasteiger partial charge in [0.05, 0.1) is 22.8 Å². The van der Waals surface area contributed by atoms with Gasteiger partial charge in [-0.05, 0) is 30.7 Å². The molecular formula is C13H10FN3. The lowest BCUT2D eigenvalue weighted by atomic mass is 10.2. The van der Waals surface area contributed by atoms with E-state index in [2.05, 4.69) is 15.0 Å². The second kappa shape index (κ2) is 3.66. The molecule has 84 valence electrons. The van der Waals surface area contributed by atoms with Crippen molar-refractivity contribution in [3.05, 3.63) is 48.0 Å². The third kappa shape index (κ3) is 1.67. The van der Waals surface area contributed by atoms with Crippen LogP contribution in [0.2, 0.25) is 0 Å². The largest absolute Gasteiger partial charge is 0.338 e. The van der Waals surface area contributed by atoms with Crippen molar-refractivity contribution < 1.29 is 4.39 Å². The van der Waals surface area contributed by atoms with Crippen LogP contribution < -0.4 is 0 Å². The van der Waals surface area contributed by atoms with E-state index in [9.17, 15) is 4.39 Å². The molecule has 0 aliphatic heterocycles. The molecule has 2 heterocycles. The number of benzene rings is 1. The second-order valence-corrected chi connectivity index (χ2v) is 3.96. The lowest BCUT2D eigenvalue weighted by Crippen LogP contribution is -1.86. The van der Waals surface area contributed by atoms with Crippen molar-refractivity contribution in [2.45, 2.75) is 6.92 Å². The number of nitrogens with one attached hydrogen (secondary N) is 1. The molecule has 0 spiro atoms. The van der Waals surface area contributed by atoms with Crippen LogP contribution in [0, 0.1) is 12.7 Å². The normalized spacial score (nSPS) is 10.9. The van der Waals surface area contributed by atoms with Crippen LogP contribution in [0.4, 0.5) is 4.39 Å². The molecule has 0 fully saturated rings. The number of aromatic nitrogens is 3. The van der Waals surface area contributed by atoms with Crippen molar-refractivity contribution in [3.8, 4) is 11.4 Å². The van der Waals surface area contributed by atoms with E-state index in [1.165, 1.54) is 6.20 Å². The number of pyridine rings is 1. The molecule has 3 aromatic rings. The zero-order valence-electron chi connectivity index (χ0n) is 9.24. The van der Waals surface area contributed by atoms with E-state index in [-0.39, 0.29) is 5.82 Å². The Morgan fingerprint density at radius 3 is 2.94 bits per heavy atom. The van der Waals surface area contributed by atoms with Crippen molar-refractivity contribution >= 4 is 11.0 Å². The molecule has 0 aliphatic rings. The Hall–Kier alpha value is -2.23. The Bertz CT molecular complexity index is 688. The fourth-order valence-corrected chi connectivity index (χ4v) is 1.82. The standard InChI is InChI=1S/C13H10FN3/c1-8-2-3-11-12(6-8)17-13(16-11)9-4-5-15-7-10(9)14/h2-7H,1H3,(H,16,17). The van der Waals surface area contributed by atoms with Crippen LogP contribution in [0.1, 0.15) is 5.56 Å². The van der Waals surface area contributed by atoms with Crippen LogP contribution in [0.5, 0.6) is 0 Å². The number of imidazole rings is 1. The Morgan fingerprint density at radius 2 is 2.12 bits per heavy atom. The first-order valence-corrected chi connectivity index (χ1v) is 5.30. The van der Waals surface area contributed by atoms with Gasteiger partial charge in [0.25, 0.3) is 0 Å². The first kappa shape index (κ1) is 9.96. The van der Waals surface area contributed by atoms with Crippen LogP contribution in [0.25, 0.3) is 22.4 Å². The van der Waals surface area contributed by atoms with E-state index >= 15 is 0 Å². The minimum absolute atomic E-state index is 0.372. The Morgan fingerprint density at radius 1 is 1.24 bits per heavy atom. The highest BCUT2D eigenvalue weighted by molar-refractivity contribution is 5.79. The molecule has 2 aromatic heterocycles. The third-order valence-corrected chi connectivity index (χ3v) is 2.66. The lowest BCUT2D eigenvalue weighted by Gasteiger charge is -1.96. The van der Waals surface area contributed by atoms with Gasteiger partial charge in [-0.15, -0.1) is 0 Å². The number of aromatic amines is 1. The highest BCUT2D eigenvalue weighted by atomic mass is 19.1. The minimum Gasteiger partial charge on any atom is -0.338 e. The molecule has 17 heavy (non-hydrogen) atoms. The maximum Gasteiger partial charge on any atom is 0.152 e. The molecule has 0 atom stereocenters. The summed E-state index contributed by atoms with van der Waals surface area (Å²) in [5.74, 6) is 0.161. The fourth-order valence-electron chi connectivity index (χ4n) is 1.82. The van der Waals surface area contributed by atoms with Crippen molar-refractivity contribution in [1.29, 1.82) is 0 Å². The number of fused-ring (bicyclic) bond motifs is 1. The molecule has 3 rings (SSSR count). The average molecular weight is 227 g/mol. The molecular weight excluding hydrogens is 217 g/mol. The van der Waals surface area contributed by atoms with E-state index in [4.69, 9.17) is 0 Å². The Balaban J connectivity index is 2.22. The summed E-state index contributed by atoms with van der Waals surface area (Å²) in [6.45, 7) is 2.01. The third-order valence-electron chi connectivity index (χ3n) is 2.66. The first-order valence-electron chi connectivity index (χ1n) is 5.30. The summed E-state index contributed by atoms with van der Waals surface area (Å²) >= 11 is 0. The van der Waals surface area contributed by atoms with Crippen molar-refractivity contribution in [3.63, 3.8) is 0 Å². The summed E-state index contributed by atoms with van der Waals surface area (Å²) in [6, 6.07) is 7.50. The zero-order valence-corrected chi connectivity index (χ0v) is 9.24. The van der Waals surface area contributed by atoms with E-state index in [1.54, 1.807) is 12.3 Å². The predicted octanol–water partition coefficient (Wildman–Crippen LogP) is 3.07. The Kier molecular flexibility index (Phi) is 2.14. The molecule has 4 heteroatoms. The molecule has 0 unspecified atom stereocenters. The molecule has 3 nitrogen and oxygen atoms in total. The van der Waals surface area contributed by atoms with Gasteiger partial charge in [-0.3, -0.25) is 4.98 Å². The fraction of sp³-hybridized carbons (Fsp3) is 0.0769. The summed E-state index contributed by atoms with van der Waals surface area (Å²) in [5.41, 5.74) is 3.33. The summed E-state index contributed by atoms with van der Waals surface area (Å²) in [6.07, 6.45) is 2.74. The van der Waals surface area contributed by atoms with Gasteiger partial charge in [-0.2, -0.15) is 0 Å². The van der Waals surface area contributed by atoms with Gasteiger partial charge < -0.3 is 4.98 Å². The van der Waals surface area contributed by atoms with Gasteiger partial charge in [0.1, 0.15) is 5.82 Å². The van der Waals surface area contributed by atoms with Crippen molar-refractivity contribution in [2.24, 2.45) is 0 Å². The molecule has 0 saturated carbocycles. The summed E-state index contributed by atoms with van der Waals surface area (Å²) in [5, 5.41) is 0. The van der Waals surface area contributed by atoms with Crippen molar-refractivity contribution in [2.75, 3.05) is 0 Å². The maximum absolute atomic E-state index is 13.6. The van der Waals surface area contributed by atoms with Gasteiger partial charge in [0, 0.05) is 6.20 Å². The number of aryl methyl sites for hydroxylation is 1. The van der Waals surface area contributed by atoms with Crippen LogP contribution in [0.15, 0.2) is 36.7 Å². The highest BCUT2D eigenvalue weighted by Crippen LogP contribution is 2.22. The quantitative estimate of drug-likeness (QED) is 0.694. The molecule has 0 radical (unpaired) electrons. The number of hydrogen-bond donors (Lipinski definition) is 1. The van der Waals surface area contributed by atoms with Crippen LogP contribution >= 0.6 is 0 Å². The summed E-state index contributed by atoms with van der Waals surface area (Å²) in [7, 11) is 0. The smallest absolute Gasteiger partial charge is 0.152 e. The molecule has 0 bridgehead atoms. The van der Waals surface area contributed by atoms with E-state index in [0.29, 0.717) is 11.4 Å². The average Bonchev–Trinajstić information content (AvgIpc) is 2.72. The van der Waals surface area contributed by atoms with E-state index < -0.39 is 0 Å². The zero-order chi connectivity index (χ0) is 11.8. The SMILES string of the molecule is Cc1ccc2nc(-c3ccncc3F)[nH]c2c1. The van der Waals surface area contributed by atoms with Crippen LogP contribution in [-0.4, -0.2) is 15.0 Å². The molecule has 0 amide bonds. The van der Waals surface area contributed by atoms with E-state index in [1.807, 2.05) is 25.1 Å². The minimum atomic E-state index is -0.372. The van der Waals surface area contributed by atoms with Gasteiger partial charge in [-0.1, -0.05) is 6.07 Å². The second-order valence-electron chi connectivity index (χ2n) is 3.96.